The van der Waals surface area contributed by atoms with Crippen LogP contribution in [0.3, 0.4) is 0 Å². The molecule has 19 heavy (non-hydrogen) atoms. The molecule has 108 valence electrons. The Morgan fingerprint density at radius 1 is 1.32 bits per heavy atom. The Bertz CT molecular complexity index is 496. The van der Waals surface area contributed by atoms with Gasteiger partial charge in [-0.25, -0.2) is 8.42 Å². The molecule has 1 aliphatic rings. The van der Waals surface area contributed by atoms with Crippen LogP contribution in [0.2, 0.25) is 0 Å². The summed E-state index contributed by atoms with van der Waals surface area (Å²) in [4.78, 5) is 2.70. The van der Waals surface area contributed by atoms with Gasteiger partial charge in [0.2, 0.25) is 0 Å². The molecule has 1 aromatic rings. The van der Waals surface area contributed by atoms with Crippen LogP contribution in [-0.4, -0.2) is 45.8 Å². The second kappa shape index (κ2) is 6.70. The molecule has 0 spiro atoms. The largest absolute Gasteiger partial charge is 0.315 e. The first-order valence-electron chi connectivity index (χ1n) is 6.17. The van der Waals surface area contributed by atoms with Crippen molar-refractivity contribution in [1.29, 1.82) is 0 Å². The van der Waals surface area contributed by atoms with Crippen molar-refractivity contribution < 1.29 is 8.42 Å². The molecule has 0 radical (unpaired) electrons. The highest BCUT2D eigenvalue weighted by Crippen LogP contribution is 2.14. The van der Waals surface area contributed by atoms with Gasteiger partial charge < -0.3 is 5.32 Å². The van der Waals surface area contributed by atoms with E-state index in [4.69, 9.17) is 0 Å². The highest BCUT2D eigenvalue weighted by molar-refractivity contribution is 7.90. The minimum Gasteiger partial charge on any atom is -0.315 e. The van der Waals surface area contributed by atoms with Crippen molar-refractivity contribution >= 4 is 22.2 Å². The van der Waals surface area contributed by atoms with Gasteiger partial charge in [-0.1, -0.05) is 12.1 Å². The highest BCUT2D eigenvalue weighted by atomic mass is 35.5. The van der Waals surface area contributed by atoms with Crippen LogP contribution in [0.15, 0.2) is 29.2 Å². The topological polar surface area (TPSA) is 49.4 Å². The molecule has 1 aromatic carbocycles. The average molecular weight is 305 g/mol. The number of hydrogen-bond donors (Lipinski definition) is 1. The van der Waals surface area contributed by atoms with Crippen molar-refractivity contribution in [1.82, 2.24) is 10.2 Å². The van der Waals surface area contributed by atoms with E-state index in [1.807, 2.05) is 12.1 Å². The summed E-state index contributed by atoms with van der Waals surface area (Å²) < 4.78 is 22.7. The lowest BCUT2D eigenvalue weighted by Crippen LogP contribution is -2.32. The van der Waals surface area contributed by atoms with Gasteiger partial charge in [-0.2, -0.15) is 0 Å². The first-order chi connectivity index (χ1) is 8.47. The fourth-order valence-corrected chi connectivity index (χ4v) is 2.91. The monoisotopic (exact) mass is 304 g/mol. The van der Waals surface area contributed by atoms with Gasteiger partial charge in [0.15, 0.2) is 9.84 Å². The van der Waals surface area contributed by atoms with Gasteiger partial charge in [-0.3, -0.25) is 4.90 Å². The predicted molar refractivity (Wildman–Crippen MR) is 79.5 cm³/mol. The van der Waals surface area contributed by atoms with E-state index in [1.165, 1.54) is 12.7 Å². The average Bonchev–Trinajstić information content (AvgIpc) is 2.82. The SMILES string of the molecule is CN(Cc1ccc(S(C)(=O)=O)cc1)C1CCNC1.Cl. The highest BCUT2D eigenvalue weighted by Gasteiger charge is 2.19. The quantitative estimate of drug-likeness (QED) is 0.911. The molecular weight excluding hydrogens is 284 g/mol. The molecule has 1 heterocycles. The van der Waals surface area contributed by atoms with Crippen molar-refractivity contribution in [3.8, 4) is 0 Å². The summed E-state index contributed by atoms with van der Waals surface area (Å²) in [5.41, 5.74) is 1.15. The maximum absolute atomic E-state index is 11.4. The summed E-state index contributed by atoms with van der Waals surface area (Å²) in [5.74, 6) is 0. The minimum absolute atomic E-state index is 0. The Kier molecular flexibility index (Phi) is 5.80. The van der Waals surface area contributed by atoms with E-state index < -0.39 is 9.84 Å². The van der Waals surface area contributed by atoms with Crippen molar-refractivity contribution in [2.24, 2.45) is 0 Å². The van der Waals surface area contributed by atoms with E-state index in [-0.39, 0.29) is 12.4 Å². The van der Waals surface area contributed by atoms with Crippen LogP contribution < -0.4 is 5.32 Å². The van der Waals surface area contributed by atoms with Gasteiger partial charge >= 0.3 is 0 Å². The molecule has 2 rings (SSSR count). The number of likely N-dealkylation sites (N-methyl/N-ethyl adjacent to an activating group) is 1. The number of halogens is 1. The Morgan fingerprint density at radius 2 is 1.95 bits per heavy atom. The zero-order valence-corrected chi connectivity index (χ0v) is 12.9. The number of nitrogens with one attached hydrogen (secondary N) is 1. The Morgan fingerprint density at radius 3 is 2.42 bits per heavy atom. The molecule has 1 N–H and O–H groups in total. The van der Waals surface area contributed by atoms with Crippen molar-refractivity contribution in [3.63, 3.8) is 0 Å². The molecule has 4 nitrogen and oxygen atoms in total. The van der Waals surface area contributed by atoms with Gasteiger partial charge in [0.05, 0.1) is 4.90 Å². The normalized spacial score (nSPS) is 19.4. The predicted octanol–water partition coefficient (Wildman–Crippen LogP) is 1.31. The number of nitrogens with zero attached hydrogens (tertiary/aromatic N) is 1. The van der Waals surface area contributed by atoms with Gasteiger partial charge in [-0.05, 0) is 37.7 Å². The summed E-state index contributed by atoms with van der Waals surface area (Å²) >= 11 is 0. The molecule has 6 heteroatoms. The second-order valence-electron chi connectivity index (χ2n) is 4.98. The zero-order chi connectivity index (χ0) is 13.2. The van der Waals surface area contributed by atoms with Gasteiger partial charge in [0, 0.05) is 25.4 Å². The molecule has 0 bridgehead atoms. The zero-order valence-electron chi connectivity index (χ0n) is 11.3. The first-order valence-corrected chi connectivity index (χ1v) is 8.06. The molecule has 1 atom stereocenters. The van der Waals surface area contributed by atoms with Crippen LogP contribution in [0, 0.1) is 0 Å². The Labute approximate surface area is 121 Å². The van der Waals surface area contributed by atoms with Crippen LogP contribution in [-0.2, 0) is 16.4 Å². The number of benzene rings is 1. The maximum atomic E-state index is 11.4. The molecule has 1 fully saturated rings. The standard InChI is InChI=1S/C13H20N2O2S.ClH/c1-15(12-7-8-14-9-12)10-11-3-5-13(6-4-11)18(2,16)17;/h3-6,12,14H,7-10H2,1-2H3;1H. The van der Waals surface area contributed by atoms with Gasteiger partial charge in [0.1, 0.15) is 0 Å². The van der Waals surface area contributed by atoms with E-state index in [1.54, 1.807) is 12.1 Å². The van der Waals surface area contributed by atoms with Crippen molar-refractivity contribution in [2.45, 2.75) is 23.9 Å². The lowest BCUT2D eigenvalue weighted by molar-refractivity contribution is 0.249. The van der Waals surface area contributed by atoms with Crippen LogP contribution in [0.4, 0.5) is 0 Å². The van der Waals surface area contributed by atoms with Crippen LogP contribution in [0.25, 0.3) is 0 Å². The molecule has 0 saturated carbocycles. The van der Waals surface area contributed by atoms with E-state index in [0.29, 0.717) is 10.9 Å². The third-order valence-corrected chi connectivity index (χ3v) is 4.57. The smallest absolute Gasteiger partial charge is 0.175 e. The third-order valence-electron chi connectivity index (χ3n) is 3.44. The number of sulfone groups is 1. The Balaban J connectivity index is 0.00000180. The van der Waals surface area contributed by atoms with E-state index >= 15 is 0 Å². The molecule has 1 saturated heterocycles. The van der Waals surface area contributed by atoms with Crippen LogP contribution in [0.1, 0.15) is 12.0 Å². The molecule has 0 aromatic heterocycles. The number of rotatable bonds is 4. The molecular formula is C13H21ClN2O2S. The molecule has 1 aliphatic heterocycles. The van der Waals surface area contributed by atoms with Crippen LogP contribution in [0.5, 0.6) is 0 Å². The maximum Gasteiger partial charge on any atom is 0.175 e. The lowest BCUT2D eigenvalue weighted by Gasteiger charge is -2.23. The van der Waals surface area contributed by atoms with E-state index in [2.05, 4.69) is 17.3 Å². The lowest BCUT2D eigenvalue weighted by atomic mass is 10.1. The van der Waals surface area contributed by atoms with E-state index in [9.17, 15) is 8.42 Å². The van der Waals surface area contributed by atoms with Gasteiger partial charge in [-0.15, -0.1) is 12.4 Å². The van der Waals surface area contributed by atoms with E-state index in [0.717, 1.165) is 25.2 Å². The fraction of sp³-hybridized carbons (Fsp3) is 0.538. The van der Waals surface area contributed by atoms with Crippen molar-refractivity contribution in [3.05, 3.63) is 29.8 Å². The second-order valence-corrected chi connectivity index (χ2v) is 6.99. The summed E-state index contributed by atoms with van der Waals surface area (Å²) in [6.07, 6.45) is 2.41. The fourth-order valence-electron chi connectivity index (χ4n) is 2.27. The third kappa shape index (κ3) is 4.45. The van der Waals surface area contributed by atoms with Crippen molar-refractivity contribution in [2.75, 3.05) is 26.4 Å². The number of hydrogen-bond acceptors (Lipinski definition) is 4. The van der Waals surface area contributed by atoms with Gasteiger partial charge in [0.25, 0.3) is 0 Å². The molecule has 0 amide bonds. The molecule has 1 unspecified atom stereocenters. The Hall–Kier alpha value is -0.620. The summed E-state index contributed by atoms with van der Waals surface area (Å²) in [6.45, 7) is 2.98. The minimum atomic E-state index is -3.09. The summed E-state index contributed by atoms with van der Waals surface area (Å²) in [7, 11) is -0.974. The molecule has 0 aliphatic carbocycles. The first kappa shape index (κ1) is 16.4. The summed E-state index contributed by atoms with van der Waals surface area (Å²) in [5, 5.41) is 3.35. The van der Waals surface area contributed by atoms with Crippen LogP contribution >= 0.6 is 12.4 Å². The summed E-state index contributed by atoms with van der Waals surface area (Å²) in [6, 6.07) is 7.75.